The van der Waals surface area contributed by atoms with Crippen LogP contribution in [0.4, 0.5) is 0 Å². The number of benzene rings is 2. The quantitative estimate of drug-likeness (QED) is 0.269. The molecule has 6 nitrogen and oxygen atoms in total. The molecule has 0 saturated carbocycles. The molecule has 0 unspecified atom stereocenters. The number of carbonyl (C=O) groups excluding carboxylic acids is 1. The maximum atomic E-state index is 13.4. The van der Waals surface area contributed by atoms with E-state index in [1.54, 1.807) is 0 Å². The van der Waals surface area contributed by atoms with Gasteiger partial charge in [-0.1, -0.05) is 51.4 Å². The van der Waals surface area contributed by atoms with Crippen LogP contribution >= 0.6 is 15.9 Å². The SMILES string of the molecule is CCO/N=C(\c1ccc(Br)cc1)C1CCN(C2(C)CCN(C(=O)c3cn(C)c4ccccc34)CC2)CC1. The maximum absolute atomic E-state index is 13.4. The van der Waals surface area contributed by atoms with Crippen LogP contribution in [0.3, 0.4) is 0 Å². The summed E-state index contributed by atoms with van der Waals surface area (Å²) in [5.41, 5.74) is 4.24. The van der Waals surface area contributed by atoms with Gasteiger partial charge in [-0.05, 0) is 76.4 Å². The van der Waals surface area contributed by atoms with E-state index in [-0.39, 0.29) is 11.4 Å². The van der Waals surface area contributed by atoms with Gasteiger partial charge < -0.3 is 14.3 Å². The molecule has 2 aliphatic rings. The Morgan fingerprint density at radius 2 is 1.73 bits per heavy atom. The summed E-state index contributed by atoms with van der Waals surface area (Å²) in [7, 11) is 2.01. The Kier molecular flexibility index (Phi) is 7.72. The highest BCUT2D eigenvalue weighted by Gasteiger charge is 2.39. The molecule has 0 aliphatic carbocycles. The second-order valence-corrected chi connectivity index (χ2v) is 11.5. The van der Waals surface area contributed by atoms with Crippen molar-refractivity contribution in [1.29, 1.82) is 0 Å². The predicted molar refractivity (Wildman–Crippen MR) is 153 cm³/mol. The lowest BCUT2D eigenvalue weighted by Gasteiger charge is -2.49. The number of hydrogen-bond acceptors (Lipinski definition) is 4. The fourth-order valence-electron chi connectivity index (χ4n) is 6.00. The summed E-state index contributed by atoms with van der Waals surface area (Å²) < 4.78 is 3.12. The van der Waals surface area contributed by atoms with Crippen LogP contribution in [0.25, 0.3) is 10.9 Å². The molecular weight excluding hydrogens is 528 g/mol. The fourth-order valence-corrected chi connectivity index (χ4v) is 6.26. The predicted octanol–water partition coefficient (Wildman–Crippen LogP) is 6.09. The zero-order valence-corrected chi connectivity index (χ0v) is 23.7. The van der Waals surface area contributed by atoms with Crippen LogP contribution in [0, 0.1) is 5.92 Å². The van der Waals surface area contributed by atoms with Gasteiger partial charge in [-0.25, -0.2) is 0 Å². The number of carbonyl (C=O) groups is 1. The Hall–Kier alpha value is -2.64. The van der Waals surface area contributed by atoms with Crippen molar-refractivity contribution in [3.8, 4) is 0 Å². The van der Waals surface area contributed by atoms with Gasteiger partial charge in [0.15, 0.2) is 0 Å². The number of nitrogens with zero attached hydrogens (tertiary/aromatic N) is 4. The largest absolute Gasteiger partial charge is 0.396 e. The molecule has 0 spiro atoms. The topological polar surface area (TPSA) is 50.1 Å². The number of rotatable bonds is 6. The number of aryl methyl sites for hydroxylation is 1. The number of amides is 1. The summed E-state index contributed by atoms with van der Waals surface area (Å²) >= 11 is 3.54. The van der Waals surface area contributed by atoms with E-state index in [4.69, 9.17) is 4.84 Å². The summed E-state index contributed by atoms with van der Waals surface area (Å²) in [5.74, 6) is 0.546. The average molecular weight is 566 g/mol. The van der Waals surface area contributed by atoms with Crippen molar-refractivity contribution >= 4 is 38.5 Å². The fraction of sp³-hybridized carbons (Fsp3) is 0.467. The van der Waals surface area contributed by atoms with Crippen molar-refractivity contribution in [2.45, 2.75) is 45.1 Å². The highest BCUT2D eigenvalue weighted by atomic mass is 79.9. The molecule has 37 heavy (non-hydrogen) atoms. The zero-order chi connectivity index (χ0) is 26.0. The van der Waals surface area contributed by atoms with Crippen molar-refractivity contribution < 1.29 is 9.63 Å². The van der Waals surface area contributed by atoms with E-state index < -0.39 is 0 Å². The molecule has 196 valence electrons. The number of oxime groups is 1. The molecule has 3 heterocycles. The van der Waals surface area contributed by atoms with E-state index in [1.165, 1.54) is 0 Å². The Morgan fingerprint density at radius 3 is 2.41 bits per heavy atom. The minimum Gasteiger partial charge on any atom is -0.396 e. The molecule has 1 aromatic heterocycles. The third-order valence-electron chi connectivity index (χ3n) is 8.33. The van der Waals surface area contributed by atoms with Crippen LogP contribution in [-0.4, -0.2) is 64.3 Å². The first-order chi connectivity index (χ1) is 17.9. The number of piperidine rings is 2. The molecular formula is C30H37BrN4O2. The van der Waals surface area contributed by atoms with Crippen LogP contribution in [0.5, 0.6) is 0 Å². The Balaban J connectivity index is 1.21. The van der Waals surface area contributed by atoms with Crippen molar-refractivity contribution in [1.82, 2.24) is 14.4 Å². The van der Waals surface area contributed by atoms with E-state index in [2.05, 4.69) is 78.8 Å². The summed E-state index contributed by atoms with van der Waals surface area (Å²) in [6, 6.07) is 16.5. The van der Waals surface area contributed by atoms with Gasteiger partial charge in [-0.15, -0.1) is 0 Å². The Bertz CT molecular complexity index is 1270. The van der Waals surface area contributed by atoms with Gasteiger partial charge in [0.2, 0.25) is 0 Å². The van der Waals surface area contributed by atoms with Crippen molar-refractivity contribution in [3.63, 3.8) is 0 Å². The van der Waals surface area contributed by atoms with Crippen LogP contribution in [0.2, 0.25) is 0 Å². The number of fused-ring (bicyclic) bond motifs is 1. The van der Waals surface area contributed by atoms with E-state index in [0.717, 1.165) is 84.1 Å². The van der Waals surface area contributed by atoms with E-state index in [1.807, 2.05) is 32.3 Å². The van der Waals surface area contributed by atoms with Gasteiger partial charge in [-0.3, -0.25) is 9.69 Å². The first-order valence-corrected chi connectivity index (χ1v) is 14.2. The minimum atomic E-state index is 0.120. The van der Waals surface area contributed by atoms with Crippen molar-refractivity contribution in [2.75, 3.05) is 32.8 Å². The summed E-state index contributed by atoms with van der Waals surface area (Å²) in [6.45, 7) is 8.62. The average Bonchev–Trinajstić information content (AvgIpc) is 3.26. The normalized spacial score (nSPS) is 19.4. The van der Waals surface area contributed by atoms with E-state index in [0.29, 0.717) is 12.5 Å². The first-order valence-electron chi connectivity index (χ1n) is 13.4. The zero-order valence-electron chi connectivity index (χ0n) is 22.1. The molecule has 2 fully saturated rings. The van der Waals surface area contributed by atoms with Gasteiger partial charge in [0, 0.05) is 53.2 Å². The molecule has 0 radical (unpaired) electrons. The van der Waals surface area contributed by atoms with Gasteiger partial charge in [0.1, 0.15) is 6.61 Å². The molecule has 2 aromatic carbocycles. The van der Waals surface area contributed by atoms with Gasteiger partial charge in [-0.2, -0.15) is 0 Å². The number of hydrogen-bond donors (Lipinski definition) is 0. The van der Waals surface area contributed by atoms with Gasteiger partial charge in [0.25, 0.3) is 5.91 Å². The van der Waals surface area contributed by atoms with Gasteiger partial charge in [0.05, 0.1) is 11.3 Å². The molecule has 0 atom stereocenters. The molecule has 0 N–H and O–H groups in total. The standard InChI is InChI=1S/C30H37BrN4O2/c1-4-37-32-28(22-9-11-24(31)12-10-22)23-13-17-35(18-14-23)30(2)15-19-34(20-16-30)29(36)26-21-33(3)27-8-6-5-7-25(26)27/h5-12,21,23H,4,13-20H2,1-3H3/b32-28+. The van der Waals surface area contributed by atoms with Crippen LogP contribution < -0.4 is 0 Å². The smallest absolute Gasteiger partial charge is 0.256 e. The molecule has 3 aromatic rings. The molecule has 1 amide bonds. The van der Waals surface area contributed by atoms with Crippen LogP contribution in [-0.2, 0) is 11.9 Å². The summed E-state index contributed by atoms with van der Waals surface area (Å²) in [5, 5.41) is 5.58. The molecule has 5 rings (SSSR count). The monoisotopic (exact) mass is 564 g/mol. The number of para-hydroxylation sites is 1. The molecule has 2 saturated heterocycles. The van der Waals surface area contributed by atoms with Crippen LogP contribution in [0.1, 0.15) is 55.5 Å². The second-order valence-electron chi connectivity index (χ2n) is 10.6. The molecule has 0 bridgehead atoms. The van der Waals surface area contributed by atoms with Crippen molar-refractivity contribution in [2.24, 2.45) is 18.1 Å². The van der Waals surface area contributed by atoms with E-state index >= 15 is 0 Å². The Labute approximate surface area is 228 Å². The molecule has 2 aliphatic heterocycles. The maximum Gasteiger partial charge on any atom is 0.256 e. The first kappa shape index (κ1) is 26.0. The lowest BCUT2D eigenvalue weighted by Crippen LogP contribution is -2.56. The lowest BCUT2D eigenvalue weighted by molar-refractivity contribution is 0.0162. The number of likely N-dealkylation sites (tertiary alicyclic amines) is 2. The molecule has 7 heteroatoms. The second kappa shape index (κ2) is 11.0. The third-order valence-corrected chi connectivity index (χ3v) is 8.86. The van der Waals surface area contributed by atoms with Gasteiger partial charge >= 0.3 is 0 Å². The number of halogens is 1. The van der Waals surface area contributed by atoms with E-state index in [9.17, 15) is 4.79 Å². The summed E-state index contributed by atoms with van der Waals surface area (Å²) in [4.78, 5) is 23.7. The summed E-state index contributed by atoms with van der Waals surface area (Å²) in [6.07, 6.45) is 6.12. The highest BCUT2D eigenvalue weighted by molar-refractivity contribution is 9.10. The van der Waals surface area contributed by atoms with Crippen LogP contribution in [0.15, 0.2) is 64.4 Å². The third kappa shape index (κ3) is 5.34. The van der Waals surface area contributed by atoms with Crippen molar-refractivity contribution in [3.05, 3.63) is 70.3 Å². The lowest BCUT2D eigenvalue weighted by atomic mass is 9.82. The highest BCUT2D eigenvalue weighted by Crippen LogP contribution is 2.34. The Morgan fingerprint density at radius 1 is 1.05 bits per heavy atom. The number of aromatic nitrogens is 1. The minimum absolute atomic E-state index is 0.120.